The van der Waals surface area contributed by atoms with Crippen LogP contribution in [0, 0.1) is 10.8 Å². The van der Waals surface area contributed by atoms with Gasteiger partial charge in [0, 0.05) is 19.6 Å². The first-order valence-electron chi connectivity index (χ1n) is 7.07. The Morgan fingerprint density at radius 2 is 1.85 bits per heavy atom. The zero-order valence-electron chi connectivity index (χ0n) is 13.0. The van der Waals surface area contributed by atoms with Gasteiger partial charge in [-0.1, -0.05) is 20.3 Å². The van der Waals surface area contributed by atoms with Crippen LogP contribution in [0.15, 0.2) is 0 Å². The van der Waals surface area contributed by atoms with Gasteiger partial charge in [-0.05, 0) is 32.4 Å². The lowest BCUT2D eigenvalue weighted by Gasteiger charge is -2.37. The summed E-state index contributed by atoms with van der Waals surface area (Å²) in [6, 6.07) is -0.288. The molecular weight excluding hydrogens is 258 g/mol. The van der Waals surface area contributed by atoms with E-state index in [1.807, 2.05) is 14.1 Å². The average Bonchev–Trinajstić information content (AvgIpc) is 2.22. The van der Waals surface area contributed by atoms with Gasteiger partial charge in [-0.2, -0.15) is 0 Å². The van der Waals surface area contributed by atoms with Gasteiger partial charge in [-0.25, -0.2) is 4.79 Å². The summed E-state index contributed by atoms with van der Waals surface area (Å²) in [5, 5.41) is 14.7. The first-order valence-corrected chi connectivity index (χ1v) is 7.07. The molecule has 0 atom stereocenters. The van der Waals surface area contributed by atoms with E-state index in [4.69, 9.17) is 0 Å². The second kappa shape index (κ2) is 6.43. The van der Waals surface area contributed by atoms with Gasteiger partial charge < -0.3 is 20.6 Å². The van der Waals surface area contributed by atoms with E-state index in [1.165, 1.54) is 0 Å². The summed E-state index contributed by atoms with van der Waals surface area (Å²) in [7, 11) is 3.99. The van der Waals surface area contributed by atoms with Crippen molar-refractivity contribution in [2.24, 2.45) is 10.8 Å². The number of hydrogen-bond donors (Lipinski definition) is 3. The zero-order chi connectivity index (χ0) is 15.4. The fourth-order valence-corrected chi connectivity index (χ4v) is 2.61. The summed E-state index contributed by atoms with van der Waals surface area (Å²) in [6.45, 7) is 5.79. The highest BCUT2D eigenvalue weighted by atomic mass is 16.4. The number of urea groups is 1. The minimum absolute atomic E-state index is 0.0260. The molecule has 0 spiro atoms. The molecule has 6 heteroatoms. The smallest absolute Gasteiger partial charge is 0.314 e. The third-order valence-electron chi connectivity index (χ3n) is 3.82. The van der Waals surface area contributed by atoms with Crippen molar-refractivity contribution in [2.45, 2.75) is 33.1 Å². The van der Waals surface area contributed by atoms with Crippen LogP contribution >= 0.6 is 0 Å². The van der Waals surface area contributed by atoms with Gasteiger partial charge in [0.2, 0.25) is 0 Å². The molecule has 0 aromatic carbocycles. The Bertz CT molecular complexity index is 363. The molecule has 0 aliphatic heterocycles. The molecule has 20 heavy (non-hydrogen) atoms. The number of rotatable bonds is 7. The van der Waals surface area contributed by atoms with Crippen molar-refractivity contribution >= 4 is 12.0 Å². The van der Waals surface area contributed by atoms with E-state index in [1.54, 1.807) is 0 Å². The molecule has 116 valence electrons. The highest BCUT2D eigenvalue weighted by Crippen LogP contribution is 2.40. The highest BCUT2D eigenvalue weighted by molar-refractivity contribution is 5.78. The molecule has 1 rings (SSSR count). The quantitative estimate of drug-likeness (QED) is 0.655. The molecule has 0 radical (unpaired) electrons. The number of nitrogens with zero attached hydrogens (tertiary/aromatic N) is 1. The van der Waals surface area contributed by atoms with Gasteiger partial charge in [0.05, 0.1) is 5.41 Å². The monoisotopic (exact) mass is 285 g/mol. The van der Waals surface area contributed by atoms with Crippen molar-refractivity contribution in [1.82, 2.24) is 15.5 Å². The molecule has 3 N–H and O–H groups in total. The van der Waals surface area contributed by atoms with Gasteiger partial charge >= 0.3 is 12.0 Å². The predicted molar refractivity (Wildman–Crippen MR) is 77.7 cm³/mol. The van der Waals surface area contributed by atoms with Crippen LogP contribution in [0.3, 0.4) is 0 Å². The van der Waals surface area contributed by atoms with Crippen molar-refractivity contribution < 1.29 is 14.7 Å². The van der Waals surface area contributed by atoms with Crippen molar-refractivity contribution in [3.63, 3.8) is 0 Å². The summed E-state index contributed by atoms with van der Waals surface area (Å²) in [6.07, 6.45) is 2.22. The molecule has 0 saturated heterocycles. The SMILES string of the molecule is CN(C)CC(C)(C)CNC(=O)NCC1(C(=O)O)CCC1. The molecule has 0 aromatic rings. The minimum atomic E-state index is -0.808. The molecule has 1 aliphatic rings. The van der Waals surface area contributed by atoms with E-state index < -0.39 is 11.4 Å². The van der Waals surface area contributed by atoms with Crippen LogP contribution in [-0.2, 0) is 4.79 Å². The van der Waals surface area contributed by atoms with Crippen LogP contribution in [-0.4, -0.2) is 55.7 Å². The molecule has 1 saturated carbocycles. The standard InChI is InChI=1S/C14H27N3O3/c1-13(2,10-17(3)4)8-15-12(20)16-9-14(11(18)19)6-5-7-14/h5-10H2,1-4H3,(H,18,19)(H2,15,16,20). The van der Waals surface area contributed by atoms with Gasteiger partial charge in [-0.15, -0.1) is 0 Å². The average molecular weight is 285 g/mol. The van der Waals surface area contributed by atoms with Crippen molar-refractivity contribution in [2.75, 3.05) is 33.7 Å². The molecule has 6 nitrogen and oxygen atoms in total. The summed E-state index contributed by atoms with van der Waals surface area (Å²) in [5.74, 6) is -0.808. The number of aliphatic carboxylic acids is 1. The number of nitrogens with one attached hydrogen (secondary N) is 2. The lowest BCUT2D eigenvalue weighted by Crippen LogP contribution is -2.51. The molecule has 0 heterocycles. The Morgan fingerprint density at radius 1 is 1.25 bits per heavy atom. The van der Waals surface area contributed by atoms with Gasteiger partial charge in [-0.3, -0.25) is 4.79 Å². The lowest BCUT2D eigenvalue weighted by molar-refractivity contribution is -0.153. The Balaban J connectivity index is 2.32. The van der Waals surface area contributed by atoms with E-state index in [2.05, 4.69) is 29.4 Å². The first-order chi connectivity index (χ1) is 9.17. The first kappa shape index (κ1) is 16.8. The normalized spacial score (nSPS) is 17.4. The predicted octanol–water partition coefficient (Wildman–Crippen LogP) is 1.13. The maximum atomic E-state index is 11.8. The summed E-state index contributed by atoms with van der Waals surface area (Å²) < 4.78 is 0. The van der Waals surface area contributed by atoms with Gasteiger partial charge in [0.1, 0.15) is 0 Å². The Labute approximate surface area is 120 Å². The van der Waals surface area contributed by atoms with E-state index in [0.717, 1.165) is 13.0 Å². The third kappa shape index (κ3) is 4.67. The van der Waals surface area contributed by atoms with Crippen LogP contribution in [0.2, 0.25) is 0 Å². The van der Waals surface area contributed by atoms with Crippen LogP contribution < -0.4 is 10.6 Å². The summed E-state index contributed by atoms with van der Waals surface area (Å²) in [4.78, 5) is 25.0. The van der Waals surface area contributed by atoms with Crippen LogP contribution in [0.5, 0.6) is 0 Å². The van der Waals surface area contributed by atoms with Gasteiger partial charge in [0.15, 0.2) is 0 Å². The number of carbonyl (C=O) groups excluding carboxylic acids is 1. The number of carbonyl (C=O) groups is 2. The molecule has 2 amide bonds. The molecule has 1 fully saturated rings. The molecule has 0 unspecified atom stereocenters. The van der Waals surface area contributed by atoms with Crippen molar-refractivity contribution in [3.05, 3.63) is 0 Å². The number of amides is 2. The van der Waals surface area contributed by atoms with E-state index >= 15 is 0 Å². The largest absolute Gasteiger partial charge is 0.481 e. The van der Waals surface area contributed by atoms with Crippen molar-refractivity contribution in [3.8, 4) is 0 Å². The van der Waals surface area contributed by atoms with Crippen molar-refractivity contribution in [1.29, 1.82) is 0 Å². The summed E-state index contributed by atoms with van der Waals surface area (Å²) in [5.41, 5.74) is -0.766. The topological polar surface area (TPSA) is 81.7 Å². The fraction of sp³-hybridized carbons (Fsp3) is 0.857. The molecule has 0 bridgehead atoms. The number of carboxylic acids is 1. The minimum Gasteiger partial charge on any atom is -0.481 e. The Morgan fingerprint density at radius 3 is 2.25 bits per heavy atom. The number of hydrogen-bond acceptors (Lipinski definition) is 3. The Kier molecular flexibility index (Phi) is 5.39. The van der Waals surface area contributed by atoms with Crippen LogP contribution in [0.1, 0.15) is 33.1 Å². The van der Waals surface area contributed by atoms with E-state index in [9.17, 15) is 14.7 Å². The Hall–Kier alpha value is -1.30. The van der Waals surface area contributed by atoms with Crippen LogP contribution in [0.4, 0.5) is 4.79 Å². The van der Waals surface area contributed by atoms with E-state index in [-0.39, 0.29) is 18.0 Å². The zero-order valence-corrected chi connectivity index (χ0v) is 13.0. The maximum absolute atomic E-state index is 11.8. The van der Waals surface area contributed by atoms with Crippen LogP contribution in [0.25, 0.3) is 0 Å². The van der Waals surface area contributed by atoms with Gasteiger partial charge in [0.25, 0.3) is 0 Å². The number of carboxylic acid groups (broad SMARTS) is 1. The van der Waals surface area contributed by atoms with E-state index in [0.29, 0.717) is 19.4 Å². The second-order valence-electron chi connectivity index (χ2n) is 6.88. The maximum Gasteiger partial charge on any atom is 0.314 e. The third-order valence-corrected chi connectivity index (χ3v) is 3.82. The summed E-state index contributed by atoms with van der Waals surface area (Å²) >= 11 is 0. The molecular formula is C14H27N3O3. The second-order valence-corrected chi connectivity index (χ2v) is 6.88. The molecule has 0 aromatic heterocycles. The molecule has 1 aliphatic carbocycles. The fourth-order valence-electron chi connectivity index (χ4n) is 2.61. The lowest BCUT2D eigenvalue weighted by atomic mass is 9.69. The highest BCUT2D eigenvalue weighted by Gasteiger charge is 2.44.